The average Bonchev–Trinajstić information content (AvgIpc) is 2.90. The summed E-state index contributed by atoms with van der Waals surface area (Å²) in [6.45, 7) is 3.05. The van der Waals surface area contributed by atoms with Crippen LogP contribution < -0.4 is 4.74 Å². The van der Waals surface area contributed by atoms with Gasteiger partial charge in [0.2, 0.25) is 0 Å². The first-order valence-corrected chi connectivity index (χ1v) is 14.8. The Morgan fingerprint density at radius 2 is 1.14 bits per heavy atom. The lowest BCUT2D eigenvalue weighted by molar-refractivity contribution is 0.104. The number of hydrogen-bond donors (Lipinski definition) is 0. The third-order valence-corrected chi connectivity index (χ3v) is 6.95. The summed E-state index contributed by atoms with van der Waals surface area (Å²) >= 11 is 5.88. The van der Waals surface area contributed by atoms with Gasteiger partial charge >= 0.3 is 0 Å². The highest BCUT2D eigenvalue weighted by Crippen LogP contribution is 2.17. The fourth-order valence-electron chi connectivity index (χ4n) is 4.40. The molecule has 0 unspecified atom stereocenters. The van der Waals surface area contributed by atoms with E-state index >= 15 is 0 Å². The van der Waals surface area contributed by atoms with Gasteiger partial charge in [0.1, 0.15) is 5.75 Å². The van der Waals surface area contributed by atoms with Crippen molar-refractivity contribution in [3.63, 3.8) is 0 Å². The lowest BCUT2D eigenvalue weighted by Crippen LogP contribution is -1.97. The first kappa shape index (κ1) is 30.2. The molecule has 0 bridgehead atoms. The largest absolute Gasteiger partial charge is 0.494 e. The molecule has 0 saturated heterocycles. The van der Waals surface area contributed by atoms with Crippen LogP contribution in [0.3, 0.4) is 0 Å². The Bertz CT molecular complexity index is 839. The summed E-state index contributed by atoms with van der Waals surface area (Å²) in [4.78, 5) is 12.2. The predicted octanol–water partition coefficient (Wildman–Crippen LogP) is 10.9. The van der Waals surface area contributed by atoms with Crippen LogP contribution in [0.4, 0.5) is 0 Å². The number of allylic oxidation sites excluding steroid dienone is 1. The van der Waals surface area contributed by atoms with Gasteiger partial charge in [-0.2, -0.15) is 0 Å². The van der Waals surface area contributed by atoms with Crippen LogP contribution in [0.5, 0.6) is 5.75 Å². The Kier molecular flexibility index (Phi) is 16.8. The van der Waals surface area contributed by atoms with Crippen LogP contribution in [0.2, 0.25) is 5.02 Å². The van der Waals surface area contributed by atoms with Crippen molar-refractivity contribution in [3.8, 4) is 5.75 Å². The van der Waals surface area contributed by atoms with E-state index in [1.807, 2.05) is 30.3 Å². The first-order valence-electron chi connectivity index (χ1n) is 14.4. The Morgan fingerprint density at radius 3 is 1.64 bits per heavy atom. The minimum atomic E-state index is -0.0320. The maximum atomic E-state index is 12.2. The summed E-state index contributed by atoms with van der Waals surface area (Å²) in [7, 11) is 0. The quantitative estimate of drug-likeness (QED) is 0.0947. The number of carbonyl (C=O) groups excluding carboxylic acids is 1. The van der Waals surface area contributed by atoms with Crippen molar-refractivity contribution < 1.29 is 9.53 Å². The zero-order valence-electron chi connectivity index (χ0n) is 22.5. The second kappa shape index (κ2) is 20.0. The summed E-state index contributed by atoms with van der Waals surface area (Å²) in [5.41, 5.74) is 1.61. The molecule has 0 aromatic heterocycles. The van der Waals surface area contributed by atoms with Gasteiger partial charge in [0.15, 0.2) is 5.78 Å². The van der Waals surface area contributed by atoms with E-state index in [-0.39, 0.29) is 5.78 Å². The Hall–Kier alpha value is -2.06. The van der Waals surface area contributed by atoms with Crippen molar-refractivity contribution in [2.75, 3.05) is 6.61 Å². The van der Waals surface area contributed by atoms with Gasteiger partial charge in [-0.25, -0.2) is 0 Å². The lowest BCUT2D eigenvalue weighted by Gasteiger charge is -2.07. The molecule has 0 aliphatic rings. The van der Waals surface area contributed by atoms with Crippen LogP contribution >= 0.6 is 11.6 Å². The molecule has 0 aliphatic carbocycles. The van der Waals surface area contributed by atoms with Crippen molar-refractivity contribution in [2.24, 2.45) is 0 Å². The van der Waals surface area contributed by atoms with Crippen LogP contribution in [-0.4, -0.2) is 12.4 Å². The molecule has 0 heterocycles. The lowest BCUT2D eigenvalue weighted by atomic mass is 10.0. The summed E-state index contributed by atoms with van der Waals surface area (Å²) in [6.07, 6.45) is 25.5. The SMILES string of the molecule is CCCCCCCCCCCCCCCCCCOc1ccc(C=CC(=O)c2ccc(Cl)cc2)cc1. The minimum Gasteiger partial charge on any atom is -0.494 e. The van der Waals surface area contributed by atoms with Crippen molar-refractivity contribution in [3.05, 3.63) is 70.8 Å². The fraction of sp³-hybridized carbons (Fsp3) is 0.545. The van der Waals surface area contributed by atoms with Crippen molar-refractivity contribution in [2.45, 2.75) is 110 Å². The number of halogens is 1. The van der Waals surface area contributed by atoms with Gasteiger partial charge in [-0.3, -0.25) is 4.79 Å². The zero-order valence-corrected chi connectivity index (χ0v) is 23.2. The molecular formula is C33H47ClO2. The van der Waals surface area contributed by atoms with Crippen LogP contribution in [-0.2, 0) is 0 Å². The number of ketones is 1. The molecule has 2 aromatic carbocycles. The first-order chi connectivity index (χ1) is 17.7. The maximum Gasteiger partial charge on any atom is 0.185 e. The Labute approximate surface area is 225 Å². The van der Waals surface area contributed by atoms with Gasteiger partial charge in [0, 0.05) is 10.6 Å². The summed E-state index contributed by atoms with van der Waals surface area (Å²) in [5.74, 6) is 0.854. The summed E-state index contributed by atoms with van der Waals surface area (Å²) in [6, 6.07) is 14.8. The molecule has 2 nitrogen and oxygen atoms in total. The molecule has 3 heteroatoms. The number of unbranched alkanes of at least 4 members (excludes halogenated alkanes) is 15. The second-order valence-electron chi connectivity index (χ2n) is 9.93. The van der Waals surface area contributed by atoms with Gasteiger partial charge in [0.05, 0.1) is 6.61 Å². The van der Waals surface area contributed by atoms with Crippen molar-refractivity contribution in [1.82, 2.24) is 0 Å². The Balaban J connectivity index is 1.42. The monoisotopic (exact) mass is 510 g/mol. The number of benzene rings is 2. The van der Waals surface area contributed by atoms with Gasteiger partial charge in [-0.1, -0.05) is 133 Å². The van der Waals surface area contributed by atoms with E-state index in [1.165, 1.54) is 96.3 Å². The van der Waals surface area contributed by atoms with Crippen molar-refractivity contribution in [1.29, 1.82) is 0 Å². The van der Waals surface area contributed by atoms with E-state index in [0.29, 0.717) is 10.6 Å². The van der Waals surface area contributed by atoms with Crippen LogP contribution in [0.25, 0.3) is 6.08 Å². The third-order valence-electron chi connectivity index (χ3n) is 6.70. The van der Waals surface area contributed by atoms with Gasteiger partial charge in [-0.15, -0.1) is 0 Å². The van der Waals surface area contributed by atoms with Gasteiger partial charge in [0.25, 0.3) is 0 Å². The smallest absolute Gasteiger partial charge is 0.185 e. The van der Waals surface area contributed by atoms with Crippen LogP contribution in [0, 0.1) is 0 Å². The molecule has 2 rings (SSSR count). The van der Waals surface area contributed by atoms with Crippen LogP contribution in [0.1, 0.15) is 126 Å². The van der Waals surface area contributed by atoms with Gasteiger partial charge < -0.3 is 4.74 Å². The Morgan fingerprint density at radius 1 is 0.667 bits per heavy atom. The molecule has 0 amide bonds. The zero-order chi connectivity index (χ0) is 25.7. The molecule has 0 spiro atoms. The summed E-state index contributed by atoms with van der Waals surface area (Å²) < 4.78 is 5.88. The highest BCUT2D eigenvalue weighted by Gasteiger charge is 2.01. The van der Waals surface area contributed by atoms with Crippen LogP contribution in [0.15, 0.2) is 54.6 Å². The van der Waals surface area contributed by atoms with E-state index in [9.17, 15) is 4.79 Å². The van der Waals surface area contributed by atoms with E-state index in [1.54, 1.807) is 30.3 Å². The number of hydrogen-bond acceptors (Lipinski definition) is 2. The predicted molar refractivity (Wildman–Crippen MR) is 156 cm³/mol. The topological polar surface area (TPSA) is 26.3 Å². The van der Waals surface area contributed by atoms with Crippen molar-refractivity contribution >= 4 is 23.5 Å². The molecule has 0 radical (unpaired) electrons. The van der Waals surface area contributed by atoms with E-state index in [0.717, 1.165) is 24.3 Å². The second-order valence-corrected chi connectivity index (χ2v) is 10.4. The van der Waals surface area contributed by atoms with E-state index in [4.69, 9.17) is 16.3 Å². The molecule has 0 N–H and O–H groups in total. The normalized spacial score (nSPS) is 11.3. The standard InChI is InChI=1S/C33H47ClO2/c1-2-3-4-5-6-7-8-9-10-11-12-13-14-15-16-17-28-36-32-25-18-29(19-26-32)20-27-33(35)30-21-23-31(34)24-22-30/h18-27H,2-17,28H2,1H3. The fourth-order valence-corrected chi connectivity index (χ4v) is 4.52. The number of ether oxygens (including phenoxy) is 1. The molecule has 0 aliphatic heterocycles. The number of carbonyl (C=O) groups is 1. The molecule has 36 heavy (non-hydrogen) atoms. The minimum absolute atomic E-state index is 0.0320. The van der Waals surface area contributed by atoms with Gasteiger partial charge in [-0.05, 0) is 54.5 Å². The summed E-state index contributed by atoms with van der Waals surface area (Å²) in [5, 5.41) is 0.630. The third kappa shape index (κ3) is 14.5. The molecule has 198 valence electrons. The maximum absolute atomic E-state index is 12.2. The molecular weight excluding hydrogens is 464 g/mol. The molecule has 0 saturated carbocycles. The highest BCUT2D eigenvalue weighted by atomic mass is 35.5. The molecule has 2 aromatic rings. The number of rotatable bonds is 21. The highest BCUT2D eigenvalue weighted by molar-refractivity contribution is 6.30. The average molecular weight is 511 g/mol. The van der Waals surface area contributed by atoms with E-state index < -0.39 is 0 Å². The molecule has 0 atom stereocenters. The molecule has 0 fully saturated rings. The van der Waals surface area contributed by atoms with E-state index in [2.05, 4.69) is 6.92 Å².